The summed E-state index contributed by atoms with van der Waals surface area (Å²) in [6, 6.07) is 0. The Morgan fingerprint density at radius 1 is 1.36 bits per heavy atom. The summed E-state index contributed by atoms with van der Waals surface area (Å²) in [4.78, 5) is 24.8. The van der Waals surface area contributed by atoms with Crippen LogP contribution in [0.1, 0.15) is 66.9 Å². The molecular formula is C16H25N3O3. The first-order valence-corrected chi connectivity index (χ1v) is 8.00. The number of nitrogens with zero attached hydrogens (tertiary/aromatic N) is 3. The highest BCUT2D eigenvalue weighted by molar-refractivity contribution is 5.95. The van der Waals surface area contributed by atoms with E-state index in [2.05, 4.69) is 5.10 Å². The van der Waals surface area contributed by atoms with Crippen molar-refractivity contribution in [1.29, 1.82) is 0 Å². The highest BCUT2D eigenvalue weighted by atomic mass is 16.4. The predicted octanol–water partition coefficient (Wildman–Crippen LogP) is 2.40. The molecule has 0 bridgehead atoms. The first-order valence-electron chi connectivity index (χ1n) is 8.00. The summed E-state index contributed by atoms with van der Waals surface area (Å²) in [5.74, 6) is -0.509. The van der Waals surface area contributed by atoms with E-state index in [-0.39, 0.29) is 12.3 Å². The van der Waals surface area contributed by atoms with E-state index in [0.29, 0.717) is 24.4 Å². The van der Waals surface area contributed by atoms with Gasteiger partial charge in [-0.05, 0) is 19.3 Å². The molecule has 0 radical (unpaired) electrons. The minimum atomic E-state index is -0.829. The molecule has 122 valence electrons. The third kappa shape index (κ3) is 4.08. The number of aryl methyl sites for hydroxylation is 1. The minimum absolute atomic E-state index is 0.0564. The Morgan fingerprint density at radius 2 is 2.05 bits per heavy atom. The Hall–Kier alpha value is -1.85. The van der Waals surface area contributed by atoms with Crippen molar-refractivity contribution in [3.05, 3.63) is 17.5 Å². The molecule has 1 N–H and O–H groups in total. The smallest absolute Gasteiger partial charge is 0.303 e. The molecule has 1 aliphatic rings. The van der Waals surface area contributed by atoms with Crippen molar-refractivity contribution >= 4 is 11.9 Å². The number of aliphatic carboxylic acids is 1. The van der Waals surface area contributed by atoms with Gasteiger partial charge in [0, 0.05) is 39.2 Å². The zero-order chi connectivity index (χ0) is 16.1. The Labute approximate surface area is 131 Å². The maximum absolute atomic E-state index is 12.6. The first kappa shape index (κ1) is 16.5. The van der Waals surface area contributed by atoms with Crippen LogP contribution in [-0.2, 0) is 11.8 Å². The molecule has 6 nitrogen and oxygen atoms in total. The van der Waals surface area contributed by atoms with Gasteiger partial charge in [-0.1, -0.05) is 19.3 Å². The molecule has 0 aromatic carbocycles. The molecule has 0 unspecified atom stereocenters. The van der Waals surface area contributed by atoms with Crippen LogP contribution in [0.5, 0.6) is 0 Å². The third-order valence-corrected chi connectivity index (χ3v) is 4.31. The Balaban J connectivity index is 2.06. The Kier molecular flexibility index (Phi) is 5.57. The third-order valence-electron chi connectivity index (χ3n) is 4.31. The lowest BCUT2D eigenvalue weighted by molar-refractivity contribution is -0.137. The van der Waals surface area contributed by atoms with E-state index >= 15 is 0 Å². The van der Waals surface area contributed by atoms with Crippen LogP contribution in [0.4, 0.5) is 0 Å². The number of carbonyl (C=O) groups is 2. The monoisotopic (exact) mass is 307 g/mol. The van der Waals surface area contributed by atoms with Crippen LogP contribution >= 0.6 is 0 Å². The molecule has 1 aliphatic carbocycles. The molecule has 1 fully saturated rings. The van der Waals surface area contributed by atoms with Crippen LogP contribution in [0, 0.1) is 0 Å². The lowest BCUT2D eigenvalue weighted by Crippen LogP contribution is -2.29. The van der Waals surface area contributed by atoms with Crippen LogP contribution in [0.25, 0.3) is 0 Å². The largest absolute Gasteiger partial charge is 0.481 e. The molecule has 1 saturated carbocycles. The van der Waals surface area contributed by atoms with Crippen LogP contribution < -0.4 is 0 Å². The fraction of sp³-hybridized carbons (Fsp3) is 0.688. The molecule has 0 atom stereocenters. The molecule has 1 aromatic rings. The lowest BCUT2D eigenvalue weighted by Gasteiger charge is -2.22. The van der Waals surface area contributed by atoms with Gasteiger partial charge in [0.1, 0.15) is 0 Å². The fourth-order valence-electron chi connectivity index (χ4n) is 3.12. The number of carbonyl (C=O) groups excluding carboxylic acids is 1. The SMILES string of the molecule is CN(CCCC(=O)O)C(=O)c1cn(C)nc1C1CCCCC1. The van der Waals surface area contributed by atoms with Crippen LogP contribution in [0.2, 0.25) is 0 Å². The molecule has 0 aliphatic heterocycles. The summed E-state index contributed by atoms with van der Waals surface area (Å²) in [5.41, 5.74) is 1.59. The molecule has 22 heavy (non-hydrogen) atoms. The molecule has 1 amide bonds. The van der Waals surface area contributed by atoms with E-state index in [0.717, 1.165) is 18.5 Å². The van der Waals surface area contributed by atoms with Gasteiger partial charge in [-0.3, -0.25) is 14.3 Å². The van der Waals surface area contributed by atoms with Crippen LogP contribution in [-0.4, -0.2) is 45.3 Å². The maximum atomic E-state index is 12.6. The maximum Gasteiger partial charge on any atom is 0.303 e. The summed E-state index contributed by atoms with van der Waals surface area (Å²) < 4.78 is 1.71. The number of hydrogen-bond donors (Lipinski definition) is 1. The standard InChI is InChI=1S/C16H25N3O3/c1-18(10-6-9-14(20)21)16(22)13-11-19(2)17-15(13)12-7-4-3-5-8-12/h11-12H,3-10H2,1-2H3,(H,20,21). The van der Waals surface area contributed by atoms with Crippen LogP contribution in [0.3, 0.4) is 0 Å². The number of aromatic nitrogens is 2. The normalized spacial score (nSPS) is 15.7. The van der Waals surface area contributed by atoms with Gasteiger partial charge >= 0.3 is 5.97 Å². The van der Waals surface area contributed by atoms with Gasteiger partial charge in [-0.15, -0.1) is 0 Å². The molecule has 0 saturated heterocycles. The molecule has 1 aromatic heterocycles. The van der Waals surface area contributed by atoms with Gasteiger partial charge < -0.3 is 10.0 Å². The summed E-state index contributed by atoms with van der Waals surface area (Å²) in [7, 11) is 3.56. The summed E-state index contributed by atoms with van der Waals surface area (Å²) in [6.45, 7) is 0.449. The average Bonchev–Trinajstić information content (AvgIpc) is 2.89. The van der Waals surface area contributed by atoms with Gasteiger partial charge in [0.25, 0.3) is 5.91 Å². The summed E-state index contributed by atoms with van der Waals surface area (Å²) in [6.07, 6.45) is 8.20. The van der Waals surface area contributed by atoms with E-state index in [1.54, 1.807) is 22.8 Å². The van der Waals surface area contributed by atoms with Crippen LogP contribution in [0.15, 0.2) is 6.20 Å². The van der Waals surface area contributed by atoms with E-state index in [1.165, 1.54) is 19.3 Å². The predicted molar refractivity (Wildman–Crippen MR) is 82.9 cm³/mol. The zero-order valence-corrected chi connectivity index (χ0v) is 13.4. The van der Waals surface area contributed by atoms with Crippen molar-refractivity contribution in [1.82, 2.24) is 14.7 Å². The van der Waals surface area contributed by atoms with Gasteiger partial charge in [-0.25, -0.2) is 0 Å². The van der Waals surface area contributed by atoms with E-state index in [9.17, 15) is 9.59 Å². The van der Waals surface area contributed by atoms with Crippen molar-refractivity contribution in [3.8, 4) is 0 Å². The number of carboxylic acid groups (broad SMARTS) is 1. The average molecular weight is 307 g/mol. The second-order valence-corrected chi connectivity index (χ2v) is 6.16. The molecule has 6 heteroatoms. The number of amides is 1. The highest BCUT2D eigenvalue weighted by Gasteiger charge is 2.26. The number of carboxylic acids is 1. The van der Waals surface area contributed by atoms with Gasteiger partial charge in [0.05, 0.1) is 11.3 Å². The topological polar surface area (TPSA) is 75.4 Å². The van der Waals surface area contributed by atoms with Crippen molar-refractivity contribution < 1.29 is 14.7 Å². The lowest BCUT2D eigenvalue weighted by atomic mass is 9.85. The van der Waals surface area contributed by atoms with E-state index in [4.69, 9.17) is 5.11 Å². The summed E-state index contributed by atoms with van der Waals surface area (Å²) >= 11 is 0. The fourth-order valence-corrected chi connectivity index (χ4v) is 3.12. The Morgan fingerprint density at radius 3 is 2.68 bits per heavy atom. The quantitative estimate of drug-likeness (QED) is 0.875. The molecular weight excluding hydrogens is 282 g/mol. The molecule has 2 rings (SSSR count). The van der Waals surface area contributed by atoms with Crippen molar-refractivity contribution in [2.45, 2.75) is 50.9 Å². The second kappa shape index (κ2) is 7.42. The zero-order valence-electron chi connectivity index (χ0n) is 13.4. The van der Waals surface area contributed by atoms with Crippen molar-refractivity contribution in [3.63, 3.8) is 0 Å². The number of hydrogen-bond acceptors (Lipinski definition) is 3. The highest BCUT2D eigenvalue weighted by Crippen LogP contribution is 2.33. The van der Waals surface area contributed by atoms with Crippen molar-refractivity contribution in [2.24, 2.45) is 7.05 Å². The number of rotatable bonds is 6. The van der Waals surface area contributed by atoms with E-state index < -0.39 is 5.97 Å². The molecule has 0 spiro atoms. The van der Waals surface area contributed by atoms with E-state index in [1.807, 2.05) is 7.05 Å². The second-order valence-electron chi connectivity index (χ2n) is 6.16. The summed E-state index contributed by atoms with van der Waals surface area (Å²) in [5, 5.41) is 13.2. The first-order chi connectivity index (χ1) is 10.5. The van der Waals surface area contributed by atoms with Gasteiger partial charge in [0.2, 0.25) is 0 Å². The van der Waals surface area contributed by atoms with Gasteiger partial charge in [0.15, 0.2) is 0 Å². The minimum Gasteiger partial charge on any atom is -0.481 e. The Bertz CT molecular complexity index is 533. The van der Waals surface area contributed by atoms with Crippen molar-refractivity contribution in [2.75, 3.05) is 13.6 Å². The van der Waals surface area contributed by atoms with Gasteiger partial charge in [-0.2, -0.15) is 5.10 Å². The molecule has 1 heterocycles.